The molecule has 2 aromatic rings. The van der Waals surface area contributed by atoms with E-state index in [-0.39, 0.29) is 17.6 Å². The molecule has 1 aliphatic carbocycles. The zero-order valence-corrected chi connectivity index (χ0v) is 20.7. The average molecular weight is 480 g/mol. The number of ketones is 2. The van der Waals surface area contributed by atoms with Crippen LogP contribution in [0.3, 0.4) is 0 Å². The monoisotopic (exact) mass is 479 g/mol. The fraction of sp³-hybridized carbons (Fsp3) is 0.357. The Labute approximate surface area is 206 Å². The lowest BCUT2D eigenvalue weighted by atomic mass is 9.67. The number of methoxy groups -OCH3 is 4. The molecule has 0 bridgehead atoms. The number of allylic oxidation sites excluding steroid dienone is 2. The smallest absolute Gasteiger partial charge is 0.169 e. The van der Waals surface area contributed by atoms with Gasteiger partial charge in [0, 0.05) is 6.04 Å². The zero-order chi connectivity index (χ0) is 25.4. The topological polar surface area (TPSA) is 97.1 Å². The molecule has 7 nitrogen and oxygen atoms in total. The maximum absolute atomic E-state index is 13.4. The third-order valence-corrected chi connectivity index (χ3v) is 6.50. The molecule has 7 heteroatoms. The van der Waals surface area contributed by atoms with Gasteiger partial charge in [0.15, 0.2) is 34.6 Å². The molecule has 35 heavy (non-hydrogen) atoms. The van der Waals surface area contributed by atoms with Crippen LogP contribution in [0.2, 0.25) is 0 Å². The zero-order valence-electron chi connectivity index (χ0n) is 20.7. The fourth-order valence-electron chi connectivity index (χ4n) is 4.32. The summed E-state index contributed by atoms with van der Waals surface area (Å²) in [6, 6.07) is 10.8. The summed E-state index contributed by atoms with van der Waals surface area (Å²) < 4.78 is 21.2. The number of carbonyl (C=O) groups is 2. The van der Waals surface area contributed by atoms with Crippen LogP contribution in [0.25, 0.3) is 12.2 Å². The molecule has 1 fully saturated rings. The van der Waals surface area contributed by atoms with Gasteiger partial charge in [-0.15, -0.1) is 0 Å². The van der Waals surface area contributed by atoms with Crippen LogP contribution in [0.15, 0.2) is 48.6 Å². The molecule has 1 aliphatic rings. The predicted molar refractivity (Wildman–Crippen MR) is 136 cm³/mol. The molecule has 0 saturated heterocycles. The van der Waals surface area contributed by atoms with E-state index in [2.05, 4.69) is 0 Å². The van der Waals surface area contributed by atoms with Crippen molar-refractivity contribution in [1.82, 2.24) is 0 Å². The molecular weight excluding hydrogens is 446 g/mol. The summed E-state index contributed by atoms with van der Waals surface area (Å²) in [6.07, 6.45) is 8.44. The standard InChI is InChI=1S/C28H33NO6/c1-32-22-9-5-19(17-24(22)34-3)7-11-26(30)28(15-13-21(29)14-16-28)27(31)12-8-20-6-10-23(33-2)25(18-20)35-4/h5-12,17-18,21H,13-16,29H2,1-4H3/b11-7+,12-8+. The van der Waals surface area contributed by atoms with Crippen molar-refractivity contribution in [2.24, 2.45) is 11.1 Å². The second-order valence-corrected chi connectivity index (χ2v) is 8.54. The Balaban J connectivity index is 1.86. The third-order valence-electron chi connectivity index (χ3n) is 6.50. The summed E-state index contributed by atoms with van der Waals surface area (Å²) in [5.74, 6) is 1.89. The number of hydrogen-bond donors (Lipinski definition) is 1. The number of hydrogen-bond acceptors (Lipinski definition) is 7. The van der Waals surface area contributed by atoms with Crippen LogP contribution in [-0.4, -0.2) is 46.0 Å². The fourth-order valence-corrected chi connectivity index (χ4v) is 4.32. The molecule has 0 unspecified atom stereocenters. The molecule has 0 heterocycles. The molecule has 3 rings (SSSR count). The van der Waals surface area contributed by atoms with Gasteiger partial charge in [-0.1, -0.05) is 24.3 Å². The Kier molecular flexibility index (Phi) is 8.71. The Bertz CT molecular complexity index is 1030. The Morgan fingerprint density at radius 2 is 1.14 bits per heavy atom. The molecule has 0 aliphatic heterocycles. The van der Waals surface area contributed by atoms with Crippen LogP contribution < -0.4 is 24.7 Å². The van der Waals surface area contributed by atoms with Crippen LogP contribution in [0, 0.1) is 5.41 Å². The SMILES string of the molecule is COc1ccc(/C=C/C(=O)C2(C(=O)/C=C/c3ccc(OC)c(OC)c3)CCC(N)CC2)cc1OC. The largest absolute Gasteiger partial charge is 0.493 e. The van der Waals surface area contributed by atoms with Crippen molar-refractivity contribution in [2.75, 3.05) is 28.4 Å². The van der Waals surface area contributed by atoms with Crippen molar-refractivity contribution < 1.29 is 28.5 Å². The van der Waals surface area contributed by atoms with Crippen molar-refractivity contribution in [1.29, 1.82) is 0 Å². The van der Waals surface area contributed by atoms with Crippen LogP contribution in [0.5, 0.6) is 23.0 Å². The first-order valence-electron chi connectivity index (χ1n) is 11.5. The van der Waals surface area contributed by atoms with Crippen molar-refractivity contribution >= 4 is 23.7 Å². The number of ether oxygens (including phenoxy) is 4. The Morgan fingerprint density at radius 1 is 0.743 bits per heavy atom. The van der Waals surface area contributed by atoms with E-state index in [0.29, 0.717) is 48.7 Å². The number of benzene rings is 2. The molecule has 0 spiro atoms. The lowest BCUT2D eigenvalue weighted by molar-refractivity contribution is -0.137. The molecule has 0 atom stereocenters. The molecule has 2 N–H and O–H groups in total. The second-order valence-electron chi connectivity index (χ2n) is 8.54. The predicted octanol–water partition coefficient (Wildman–Crippen LogP) is 4.47. The van der Waals surface area contributed by atoms with E-state index in [1.165, 1.54) is 12.2 Å². The van der Waals surface area contributed by atoms with Gasteiger partial charge in [0.1, 0.15) is 0 Å². The minimum absolute atomic E-state index is 0.00613. The Hall–Kier alpha value is -3.58. The summed E-state index contributed by atoms with van der Waals surface area (Å²) in [7, 11) is 6.24. The van der Waals surface area contributed by atoms with E-state index in [1.807, 2.05) is 12.1 Å². The summed E-state index contributed by atoms with van der Waals surface area (Å²) in [4.78, 5) is 26.9. The van der Waals surface area contributed by atoms with Crippen LogP contribution >= 0.6 is 0 Å². The normalized spacial score (nSPS) is 15.8. The molecule has 0 aromatic heterocycles. The van der Waals surface area contributed by atoms with Gasteiger partial charge in [-0.05, 0) is 73.2 Å². The van der Waals surface area contributed by atoms with Gasteiger partial charge in [0.05, 0.1) is 33.9 Å². The highest BCUT2D eigenvalue weighted by atomic mass is 16.5. The molecule has 186 valence electrons. The second kappa shape index (κ2) is 11.7. The van der Waals surface area contributed by atoms with E-state index in [4.69, 9.17) is 24.7 Å². The first-order valence-corrected chi connectivity index (χ1v) is 11.5. The van der Waals surface area contributed by atoms with Gasteiger partial charge in [-0.2, -0.15) is 0 Å². The molecule has 0 radical (unpaired) electrons. The van der Waals surface area contributed by atoms with E-state index in [1.54, 1.807) is 64.9 Å². The van der Waals surface area contributed by atoms with Gasteiger partial charge in [0.25, 0.3) is 0 Å². The van der Waals surface area contributed by atoms with Gasteiger partial charge < -0.3 is 24.7 Å². The third kappa shape index (κ3) is 5.92. The van der Waals surface area contributed by atoms with Crippen LogP contribution in [0.1, 0.15) is 36.8 Å². The molecule has 2 aromatic carbocycles. The quantitative estimate of drug-likeness (QED) is 0.397. The van der Waals surface area contributed by atoms with Gasteiger partial charge in [-0.3, -0.25) is 9.59 Å². The van der Waals surface area contributed by atoms with Crippen molar-refractivity contribution in [3.8, 4) is 23.0 Å². The van der Waals surface area contributed by atoms with Crippen molar-refractivity contribution in [2.45, 2.75) is 31.7 Å². The first kappa shape index (κ1) is 26.0. The maximum atomic E-state index is 13.4. The maximum Gasteiger partial charge on any atom is 0.169 e. The first-order chi connectivity index (χ1) is 16.9. The highest BCUT2D eigenvalue weighted by molar-refractivity contribution is 6.17. The summed E-state index contributed by atoms with van der Waals surface area (Å²) >= 11 is 0. The summed E-state index contributed by atoms with van der Waals surface area (Å²) in [6.45, 7) is 0. The molecule has 0 amide bonds. The van der Waals surface area contributed by atoms with E-state index >= 15 is 0 Å². The Morgan fingerprint density at radius 3 is 1.51 bits per heavy atom. The van der Waals surface area contributed by atoms with Crippen LogP contribution in [-0.2, 0) is 9.59 Å². The van der Waals surface area contributed by atoms with E-state index in [0.717, 1.165) is 11.1 Å². The van der Waals surface area contributed by atoms with E-state index < -0.39 is 5.41 Å². The number of carbonyl (C=O) groups excluding carboxylic acids is 2. The summed E-state index contributed by atoms with van der Waals surface area (Å²) in [5.41, 5.74) is 6.51. The molecule has 1 saturated carbocycles. The highest BCUT2D eigenvalue weighted by Gasteiger charge is 2.44. The molecular formula is C28H33NO6. The van der Waals surface area contributed by atoms with Gasteiger partial charge >= 0.3 is 0 Å². The van der Waals surface area contributed by atoms with Gasteiger partial charge in [0.2, 0.25) is 0 Å². The minimum Gasteiger partial charge on any atom is -0.493 e. The van der Waals surface area contributed by atoms with Gasteiger partial charge in [-0.25, -0.2) is 0 Å². The average Bonchev–Trinajstić information content (AvgIpc) is 2.90. The van der Waals surface area contributed by atoms with Crippen molar-refractivity contribution in [3.05, 3.63) is 59.7 Å². The number of rotatable bonds is 10. The van der Waals surface area contributed by atoms with Crippen LogP contribution in [0.4, 0.5) is 0 Å². The van der Waals surface area contributed by atoms with Crippen molar-refractivity contribution in [3.63, 3.8) is 0 Å². The minimum atomic E-state index is -1.13. The lowest BCUT2D eigenvalue weighted by Crippen LogP contribution is -2.43. The van der Waals surface area contributed by atoms with E-state index in [9.17, 15) is 9.59 Å². The lowest BCUT2D eigenvalue weighted by Gasteiger charge is -2.35. The summed E-state index contributed by atoms with van der Waals surface area (Å²) in [5, 5.41) is 0. The number of nitrogens with two attached hydrogens (primary N) is 1. The highest BCUT2D eigenvalue weighted by Crippen LogP contribution is 2.39.